The maximum Gasteiger partial charge on any atom is 0.103 e. The molecule has 2 nitrogen and oxygen atoms in total. The van der Waals surface area contributed by atoms with E-state index in [0.717, 1.165) is 17.1 Å². The van der Waals surface area contributed by atoms with Gasteiger partial charge in [-0.3, -0.25) is 0 Å². The van der Waals surface area contributed by atoms with Crippen LogP contribution < -0.4 is 10.2 Å². The van der Waals surface area contributed by atoms with Gasteiger partial charge in [0.2, 0.25) is 0 Å². The number of rotatable bonds is 5. The van der Waals surface area contributed by atoms with Gasteiger partial charge in [-0.1, -0.05) is 157 Å². The van der Waals surface area contributed by atoms with E-state index in [1.54, 1.807) is 0 Å². The van der Waals surface area contributed by atoms with Gasteiger partial charge in [0, 0.05) is 27.0 Å². The zero-order valence-corrected chi connectivity index (χ0v) is 28.1. The fourth-order valence-corrected chi connectivity index (χ4v) is 8.90. The van der Waals surface area contributed by atoms with Crippen LogP contribution in [0.5, 0.6) is 0 Å². The number of nitrogens with one attached hydrogen (secondary N) is 1. The van der Waals surface area contributed by atoms with Gasteiger partial charge in [0.15, 0.2) is 0 Å². The summed E-state index contributed by atoms with van der Waals surface area (Å²) >= 11 is 1.92. The van der Waals surface area contributed by atoms with E-state index in [1.165, 1.54) is 70.4 Å². The molecule has 0 spiro atoms. The number of hydrogen-bond donors (Lipinski definition) is 1. The van der Waals surface area contributed by atoms with Gasteiger partial charge < -0.3 is 10.2 Å². The van der Waals surface area contributed by atoms with Crippen LogP contribution in [0.2, 0.25) is 0 Å². The summed E-state index contributed by atoms with van der Waals surface area (Å²) in [5, 5.41) is 14.1. The molecule has 236 valence electrons. The topological polar surface area (TPSA) is 15.3 Å². The summed E-state index contributed by atoms with van der Waals surface area (Å²) in [6.45, 7) is 0. The van der Waals surface area contributed by atoms with Crippen molar-refractivity contribution in [2.24, 2.45) is 0 Å². The zero-order chi connectivity index (χ0) is 33.0. The molecular formula is C47H32N2S. The fraction of sp³-hybridized carbons (Fsp3) is 0.0213. The van der Waals surface area contributed by atoms with Crippen LogP contribution in [-0.4, -0.2) is 0 Å². The Morgan fingerprint density at radius 1 is 0.420 bits per heavy atom. The van der Waals surface area contributed by atoms with Crippen molar-refractivity contribution in [2.75, 3.05) is 10.2 Å². The predicted molar refractivity (Wildman–Crippen MR) is 215 cm³/mol. The normalized spacial score (nSPS) is 13.9. The molecule has 9 aromatic carbocycles. The van der Waals surface area contributed by atoms with Gasteiger partial charge in [0.05, 0.1) is 11.4 Å². The standard InChI is InChI=1S/C47H32N2S/c1-2-13-34(14-3-1)47-48-45-42-19-9-8-18-40(42)41-28-24-36(30-43(41)46(45)50-47)32-21-25-37(26-22-32)49(38-27-23-31-11-4-5-15-35(31)29-38)44-20-10-16-33-12-6-7-17-39(33)44/h1-30,47-48H. The lowest BCUT2D eigenvalue weighted by Crippen LogP contribution is -2.10. The van der Waals surface area contributed by atoms with Gasteiger partial charge in [-0.15, -0.1) is 0 Å². The summed E-state index contributed by atoms with van der Waals surface area (Å²) in [7, 11) is 0. The zero-order valence-electron chi connectivity index (χ0n) is 27.3. The first-order valence-corrected chi connectivity index (χ1v) is 18.0. The molecule has 1 heterocycles. The molecule has 10 rings (SSSR count). The van der Waals surface area contributed by atoms with Crippen LogP contribution in [0, 0.1) is 0 Å². The molecular weight excluding hydrogens is 625 g/mol. The van der Waals surface area contributed by atoms with Gasteiger partial charge in [-0.2, -0.15) is 0 Å². The second-order valence-corrected chi connectivity index (χ2v) is 14.1. The third-order valence-electron chi connectivity index (χ3n) is 10.0. The molecule has 9 aromatic rings. The molecule has 0 radical (unpaired) electrons. The van der Waals surface area contributed by atoms with Crippen molar-refractivity contribution in [1.29, 1.82) is 0 Å². The number of anilines is 4. The summed E-state index contributed by atoms with van der Waals surface area (Å²) in [6.07, 6.45) is 0. The first-order chi connectivity index (χ1) is 24.8. The average Bonchev–Trinajstić information content (AvgIpc) is 3.65. The van der Waals surface area contributed by atoms with E-state index in [0.29, 0.717) is 0 Å². The van der Waals surface area contributed by atoms with Crippen molar-refractivity contribution >= 4 is 77.6 Å². The van der Waals surface area contributed by atoms with Crippen molar-refractivity contribution in [3.05, 3.63) is 188 Å². The summed E-state index contributed by atoms with van der Waals surface area (Å²) in [6, 6.07) is 66.2. The average molecular weight is 657 g/mol. The molecule has 1 N–H and O–H groups in total. The Kier molecular flexibility index (Phi) is 6.85. The van der Waals surface area contributed by atoms with E-state index < -0.39 is 0 Å². The molecule has 1 unspecified atom stereocenters. The maximum atomic E-state index is 3.88. The molecule has 0 saturated carbocycles. The van der Waals surface area contributed by atoms with Gasteiger partial charge in [0.1, 0.15) is 5.37 Å². The molecule has 1 atom stereocenters. The van der Waals surface area contributed by atoms with E-state index in [-0.39, 0.29) is 5.37 Å². The first-order valence-electron chi connectivity index (χ1n) is 17.1. The smallest absolute Gasteiger partial charge is 0.103 e. The quantitative estimate of drug-likeness (QED) is 0.186. The molecule has 0 amide bonds. The Morgan fingerprint density at radius 3 is 1.90 bits per heavy atom. The van der Waals surface area contributed by atoms with Crippen molar-refractivity contribution in [2.45, 2.75) is 10.3 Å². The molecule has 50 heavy (non-hydrogen) atoms. The molecule has 0 aliphatic carbocycles. The highest BCUT2D eigenvalue weighted by Gasteiger charge is 2.27. The van der Waals surface area contributed by atoms with Crippen LogP contribution >= 0.6 is 11.8 Å². The second kappa shape index (κ2) is 11.8. The summed E-state index contributed by atoms with van der Waals surface area (Å²) < 4.78 is 0. The first kappa shape index (κ1) is 28.9. The van der Waals surface area contributed by atoms with Gasteiger partial charge in [0.25, 0.3) is 0 Å². The Labute approximate surface area is 295 Å². The van der Waals surface area contributed by atoms with Crippen molar-refractivity contribution in [3.8, 4) is 11.1 Å². The highest BCUT2D eigenvalue weighted by atomic mass is 32.2. The predicted octanol–water partition coefficient (Wildman–Crippen LogP) is 13.7. The number of hydrogen-bond acceptors (Lipinski definition) is 3. The maximum absolute atomic E-state index is 3.88. The fourth-order valence-electron chi connectivity index (χ4n) is 7.61. The molecule has 1 aliphatic rings. The third-order valence-corrected chi connectivity index (χ3v) is 11.3. The van der Waals surface area contributed by atoms with E-state index in [2.05, 4.69) is 192 Å². The Morgan fingerprint density at radius 2 is 1.06 bits per heavy atom. The Bertz CT molecular complexity index is 2710. The van der Waals surface area contributed by atoms with Crippen molar-refractivity contribution in [3.63, 3.8) is 0 Å². The van der Waals surface area contributed by atoms with Crippen LogP contribution in [0.4, 0.5) is 22.7 Å². The van der Waals surface area contributed by atoms with Gasteiger partial charge in [-0.25, -0.2) is 0 Å². The summed E-state index contributed by atoms with van der Waals surface area (Å²) in [4.78, 5) is 3.72. The van der Waals surface area contributed by atoms with Crippen LogP contribution in [0.25, 0.3) is 54.2 Å². The molecule has 0 aromatic heterocycles. The van der Waals surface area contributed by atoms with E-state index >= 15 is 0 Å². The van der Waals surface area contributed by atoms with E-state index in [4.69, 9.17) is 0 Å². The minimum Gasteiger partial charge on any atom is -0.368 e. The Hall–Kier alpha value is -6.03. The van der Waals surface area contributed by atoms with Crippen LogP contribution in [0.1, 0.15) is 10.9 Å². The molecule has 0 saturated heterocycles. The van der Waals surface area contributed by atoms with Crippen LogP contribution in [0.3, 0.4) is 0 Å². The van der Waals surface area contributed by atoms with Crippen LogP contribution in [0.15, 0.2) is 187 Å². The third kappa shape index (κ3) is 4.81. The van der Waals surface area contributed by atoms with Crippen LogP contribution in [-0.2, 0) is 0 Å². The van der Waals surface area contributed by atoms with Gasteiger partial charge >= 0.3 is 0 Å². The lowest BCUT2D eigenvalue weighted by atomic mass is 9.96. The second-order valence-electron chi connectivity index (χ2n) is 13.0. The summed E-state index contributed by atoms with van der Waals surface area (Å²) in [5.74, 6) is 0. The van der Waals surface area contributed by atoms with Crippen molar-refractivity contribution < 1.29 is 0 Å². The minimum absolute atomic E-state index is 0.179. The number of benzene rings is 9. The lowest BCUT2D eigenvalue weighted by molar-refractivity contribution is 1.14. The molecule has 0 bridgehead atoms. The van der Waals surface area contributed by atoms with Crippen molar-refractivity contribution in [1.82, 2.24) is 0 Å². The SMILES string of the molecule is c1ccc(C2Nc3c(c4cc(-c5ccc(N(c6ccc7ccccc7c6)c6cccc7ccccc67)cc5)ccc4c4ccccc34)S2)cc1. The molecule has 0 fully saturated rings. The largest absolute Gasteiger partial charge is 0.368 e. The molecule has 1 aliphatic heterocycles. The molecule has 3 heteroatoms. The van der Waals surface area contributed by atoms with E-state index in [9.17, 15) is 0 Å². The minimum atomic E-state index is 0.179. The lowest BCUT2D eigenvalue weighted by Gasteiger charge is -2.27. The number of thioether (sulfide) groups is 1. The Balaban J connectivity index is 1.09. The summed E-state index contributed by atoms with van der Waals surface area (Å²) in [5.41, 5.74) is 8.37. The highest BCUT2D eigenvalue weighted by molar-refractivity contribution is 8.00. The van der Waals surface area contributed by atoms with E-state index in [1.807, 2.05) is 11.8 Å². The number of nitrogens with zero attached hydrogens (tertiary/aromatic N) is 1. The number of fused-ring (bicyclic) bond motifs is 8. The van der Waals surface area contributed by atoms with Gasteiger partial charge in [-0.05, 0) is 85.4 Å². The monoisotopic (exact) mass is 656 g/mol. The highest BCUT2D eigenvalue weighted by Crippen LogP contribution is 2.53.